The quantitative estimate of drug-likeness (QED) is 0.723. The van der Waals surface area contributed by atoms with Crippen LogP contribution in [-0.2, 0) is 4.74 Å². The summed E-state index contributed by atoms with van der Waals surface area (Å²) >= 11 is 2.12. The molecule has 2 fully saturated rings. The third-order valence-corrected chi connectivity index (χ3v) is 4.61. The van der Waals surface area contributed by atoms with Crippen LogP contribution >= 0.6 is 11.8 Å². The monoisotopic (exact) mass is 244 g/mol. The van der Waals surface area contributed by atoms with Gasteiger partial charge in [-0.05, 0) is 27.4 Å². The maximum absolute atomic E-state index is 6.02. The molecule has 2 heterocycles. The summed E-state index contributed by atoms with van der Waals surface area (Å²) in [4.78, 5) is 4.84. The zero-order chi connectivity index (χ0) is 11.5. The van der Waals surface area contributed by atoms with Gasteiger partial charge in [-0.15, -0.1) is 0 Å². The summed E-state index contributed by atoms with van der Waals surface area (Å²) < 4.78 is 6.02. The van der Waals surface area contributed by atoms with Crippen molar-refractivity contribution in [3.05, 3.63) is 0 Å². The highest BCUT2D eigenvalue weighted by atomic mass is 32.2. The van der Waals surface area contributed by atoms with Crippen LogP contribution in [0.2, 0.25) is 0 Å². The number of nitrogens with zero attached hydrogens (tertiary/aromatic N) is 2. The van der Waals surface area contributed by atoms with Gasteiger partial charge >= 0.3 is 0 Å². The van der Waals surface area contributed by atoms with Gasteiger partial charge in [0, 0.05) is 37.2 Å². The average Bonchev–Trinajstić information content (AvgIpc) is 2.15. The van der Waals surface area contributed by atoms with Crippen molar-refractivity contribution in [2.75, 3.05) is 46.0 Å². The third-order valence-electron chi connectivity index (χ3n) is 3.38. The molecule has 0 aromatic heterocycles. The molecule has 0 amide bonds. The van der Waals surface area contributed by atoms with Gasteiger partial charge in [0.1, 0.15) is 0 Å². The second-order valence-corrected chi connectivity index (χ2v) is 6.69. The van der Waals surface area contributed by atoms with Gasteiger partial charge in [0.05, 0.1) is 12.2 Å². The second kappa shape index (κ2) is 5.71. The Morgan fingerprint density at radius 2 is 2.00 bits per heavy atom. The Labute approximate surface area is 103 Å². The molecule has 1 unspecified atom stereocenters. The highest BCUT2D eigenvalue weighted by molar-refractivity contribution is 8.00. The van der Waals surface area contributed by atoms with Crippen LogP contribution in [0.4, 0.5) is 0 Å². The molecule has 3 nitrogen and oxygen atoms in total. The van der Waals surface area contributed by atoms with E-state index in [9.17, 15) is 0 Å². The number of hydrogen-bond donors (Lipinski definition) is 0. The predicted molar refractivity (Wildman–Crippen MR) is 70.2 cm³/mol. The van der Waals surface area contributed by atoms with Crippen LogP contribution in [0.25, 0.3) is 0 Å². The van der Waals surface area contributed by atoms with Crippen molar-refractivity contribution >= 4 is 11.8 Å². The van der Waals surface area contributed by atoms with E-state index < -0.39 is 0 Å². The van der Waals surface area contributed by atoms with E-state index in [1.54, 1.807) is 0 Å². The molecule has 4 heteroatoms. The summed E-state index contributed by atoms with van der Waals surface area (Å²) in [7, 11) is 4.43. The average molecular weight is 244 g/mol. The van der Waals surface area contributed by atoms with E-state index >= 15 is 0 Å². The molecule has 0 aromatic carbocycles. The molecule has 94 valence electrons. The van der Waals surface area contributed by atoms with Crippen LogP contribution in [0.1, 0.15) is 13.3 Å². The fraction of sp³-hybridized carbons (Fsp3) is 1.00. The Kier molecular flexibility index (Phi) is 4.53. The lowest BCUT2D eigenvalue weighted by Crippen LogP contribution is -2.46. The number of likely N-dealkylation sites (N-methyl/N-ethyl adjacent to an activating group) is 1. The first-order valence-electron chi connectivity index (χ1n) is 6.27. The lowest BCUT2D eigenvalue weighted by atomic mass is 10.1. The van der Waals surface area contributed by atoms with Crippen molar-refractivity contribution in [1.29, 1.82) is 0 Å². The predicted octanol–water partition coefficient (Wildman–Crippen LogP) is 1.14. The first-order chi connectivity index (χ1) is 7.63. The summed E-state index contributed by atoms with van der Waals surface area (Å²) in [5.74, 6) is 1.28. The first-order valence-corrected chi connectivity index (χ1v) is 7.32. The van der Waals surface area contributed by atoms with E-state index in [0.29, 0.717) is 12.2 Å². The van der Waals surface area contributed by atoms with E-state index in [-0.39, 0.29) is 0 Å². The van der Waals surface area contributed by atoms with E-state index in [4.69, 9.17) is 4.74 Å². The molecule has 3 atom stereocenters. The first kappa shape index (κ1) is 12.7. The van der Waals surface area contributed by atoms with Gasteiger partial charge in [0.15, 0.2) is 0 Å². The van der Waals surface area contributed by atoms with Gasteiger partial charge in [-0.1, -0.05) is 0 Å². The zero-order valence-electron chi connectivity index (χ0n) is 10.7. The fourth-order valence-electron chi connectivity index (χ4n) is 2.71. The van der Waals surface area contributed by atoms with Gasteiger partial charge in [-0.25, -0.2) is 0 Å². The van der Waals surface area contributed by atoms with Gasteiger partial charge in [-0.3, -0.25) is 0 Å². The van der Waals surface area contributed by atoms with E-state index in [2.05, 4.69) is 42.6 Å². The van der Waals surface area contributed by atoms with Crippen molar-refractivity contribution < 1.29 is 4.74 Å². The van der Waals surface area contributed by atoms with Crippen molar-refractivity contribution in [3.63, 3.8) is 0 Å². The minimum Gasteiger partial charge on any atom is -0.373 e. The molecule has 2 rings (SSSR count). The van der Waals surface area contributed by atoms with Crippen LogP contribution in [0.3, 0.4) is 0 Å². The summed E-state index contributed by atoms with van der Waals surface area (Å²) in [6.07, 6.45) is 2.05. The maximum atomic E-state index is 6.02. The molecular weight excluding hydrogens is 220 g/mol. The molecule has 2 saturated heterocycles. The molecule has 0 aliphatic carbocycles. The summed E-state index contributed by atoms with van der Waals surface area (Å²) in [5, 5.41) is 0.766. The van der Waals surface area contributed by atoms with Gasteiger partial charge in [-0.2, -0.15) is 11.8 Å². The molecule has 2 aliphatic rings. The summed E-state index contributed by atoms with van der Waals surface area (Å²) in [6, 6.07) is 0. The lowest BCUT2D eigenvalue weighted by Gasteiger charge is -2.37. The lowest BCUT2D eigenvalue weighted by molar-refractivity contribution is -0.0728. The number of ether oxygens (including phenoxy) is 1. The Morgan fingerprint density at radius 3 is 2.69 bits per heavy atom. The van der Waals surface area contributed by atoms with Gasteiger partial charge in [0.2, 0.25) is 0 Å². The SMILES string of the molecule is C[C@H]1CN(C)C[C@@H](CC2CN(C)CCS2)O1. The third kappa shape index (κ3) is 3.62. The largest absolute Gasteiger partial charge is 0.373 e. The van der Waals surface area contributed by atoms with E-state index in [0.717, 1.165) is 18.3 Å². The topological polar surface area (TPSA) is 15.7 Å². The van der Waals surface area contributed by atoms with Crippen LogP contribution < -0.4 is 0 Å². The molecule has 2 aliphatic heterocycles. The number of thioether (sulfide) groups is 1. The molecular formula is C12H24N2OS. The molecule has 0 spiro atoms. The minimum atomic E-state index is 0.398. The zero-order valence-corrected chi connectivity index (χ0v) is 11.5. The van der Waals surface area contributed by atoms with Crippen molar-refractivity contribution in [1.82, 2.24) is 9.80 Å². The van der Waals surface area contributed by atoms with Crippen LogP contribution in [0.15, 0.2) is 0 Å². The maximum Gasteiger partial charge on any atom is 0.0717 e. The van der Waals surface area contributed by atoms with E-state index in [1.807, 2.05) is 0 Å². The molecule has 0 aromatic rings. The van der Waals surface area contributed by atoms with E-state index in [1.165, 1.54) is 25.3 Å². The normalized spacial score (nSPS) is 38.8. The Bertz CT molecular complexity index is 217. The van der Waals surface area contributed by atoms with Gasteiger partial charge < -0.3 is 14.5 Å². The number of rotatable bonds is 2. The minimum absolute atomic E-state index is 0.398. The summed E-state index contributed by atoms with van der Waals surface area (Å²) in [5.41, 5.74) is 0. The Balaban J connectivity index is 1.79. The second-order valence-electron chi connectivity index (χ2n) is 5.28. The number of hydrogen-bond acceptors (Lipinski definition) is 4. The molecule has 16 heavy (non-hydrogen) atoms. The van der Waals surface area contributed by atoms with Crippen molar-refractivity contribution in [2.45, 2.75) is 30.8 Å². The highest BCUT2D eigenvalue weighted by Crippen LogP contribution is 2.24. The Hall–Kier alpha value is 0.230. The highest BCUT2D eigenvalue weighted by Gasteiger charge is 2.27. The number of morpholine rings is 1. The molecule has 0 saturated carbocycles. The summed E-state index contributed by atoms with van der Waals surface area (Å²) in [6.45, 7) is 6.83. The van der Waals surface area contributed by atoms with Crippen LogP contribution in [0.5, 0.6) is 0 Å². The molecule has 0 radical (unpaired) electrons. The van der Waals surface area contributed by atoms with Crippen molar-refractivity contribution in [3.8, 4) is 0 Å². The van der Waals surface area contributed by atoms with Crippen LogP contribution in [0, 0.1) is 0 Å². The smallest absolute Gasteiger partial charge is 0.0717 e. The molecule has 0 N–H and O–H groups in total. The molecule has 0 bridgehead atoms. The van der Waals surface area contributed by atoms with Crippen LogP contribution in [-0.4, -0.2) is 73.3 Å². The fourth-order valence-corrected chi connectivity index (χ4v) is 4.17. The van der Waals surface area contributed by atoms with Gasteiger partial charge in [0.25, 0.3) is 0 Å². The Morgan fingerprint density at radius 1 is 1.19 bits per heavy atom. The standard InChI is InChI=1S/C12H24N2OS/c1-10-7-14(3)8-11(15-10)6-12-9-13(2)4-5-16-12/h10-12H,4-9H2,1-3H3/t10-,11+,12?/m0/s1. The van der Waals surface area contributed by atoms with Crippen molar-refractivity contribution in [2.24, 2.45) is 0 Å².